The van der Waals surface area contributed by atoms with Gasteiger partial charge in [0.15, 0.2) is 0 Å². The molecule has 1 aromatic heterocycles. The van der Waals surface area contributed by atoms with Crippen LogP contribution < -0.4 is 10.9 Å². The minimum absolute atomic E-state index is 0.192. The number of amides is 1. The summed E-state index contributed by atoms with van der Waals surface area (Å²) in [4.78, 5) is 34.1. The second kappa shape index (κ2) is 6.21. The van der Waals surface area contributed by atoms with Crippen LogP contribution >= 0.6 is 0 Å². The molecule has 0 saturated heterocycles. The topological polar surface area (TPSA) is 94.2 Å². The summed E-state index contributed by atoms with van der Waals surface area (Å²) in [7, 11) is 0. The molecule has 2 aromatic rings. The van der Waals surface area contributed by atoms with E-state index in [1.165, 1.54) is 6.92 Å². The number of hydrogen-bond donors (Lipinski definition) is 1. The molecule has 114 valence electrons. The third kappa shape index (κ3) is 3.57. The van der Waals surface area contributed by atoms with Crippen molar-refractivity contribution in [2.75, 3.05) is 5.32 Å². The number of pyridine rings is 1. The highest BCUT2D eigenvalue weighted by Gasteiger charge is 2.14. The van der Waals surface area contributed by atoms with Crippen LogP contribution in [0.2, 0.25) is 0 Å². The van der Waals surface area contributed by atoms with Gasteiger partial charge in [-0.05, 0) is 26.0 Å². The van der Waals surface area contributed by atoms with E-state index < -0.39 is 16.4 Å². The molecule has 1 heterocycles. The molecule has 0 aliphatic heterocycles. The van der Waals surface area contributed by atoms with Crippen LogP contribution in [0.25, 0.3) is 0 Å². The number of nitro groups is 1. The Labute approximate surface area is 126 Å². The van der Waals surface area contributed by atoms with E-state index in [0.717, 1.165) is 22.4 Å². The molecule has 0 unspecified atom stereocenters. The van der Waals surface area contributed by atoms with Crippen LogP contribution in [0.3, 0.4) is 0 Å². The first-order valence-electron chi connectivity index (χ1n) is 6.59. The molecule has 2 rings (SSSR count). The van der Waals surface area contributed by atoms with Crippen molar-refractivity contribution >= 4 is 17.3 Å². The largest absolute Gasteiger partial charge is 0.325 e. The highest BCUT2D eigenvalue weighted by atomic mass is 16.6. The lowest BCUT2D eigenvalue weighted by atomic mass is 10.2. The summed E-state index contributed by atoms with van der Waals surface area (Å²) in [6.07, 6.45) is 1.09. The second-order valence-electron chi connectivity index (χ2n) is 4.98. The van der Waals surface area contributed by atoms with Crippen molar-refractivity contribution < 1.29 is 9.72 Å². The first kappa shape index (κ1) is 15.4. The number of nitrogens with one attached hydrogen (secondary N) is 1. The summed E-state index contributed by atoms with van der Waals surface area (Å²) in [6, 6.07) is 8.33. The fourth-order valence-electron chi connectivity index (χ4n) is 1.96. The van der Waals surface area contributed by atoms with Gasteiger partial charge in [-0.2, -0.15) is 0 Å². The molecule has 7 nitrogen and oxygen atoms in total. The van der Waals surface area contributed by atoms with Gasteiger partial charge in [-0.15, -0.1) is 0 Å². The van der Waals surface area contributed by atoms with Crippen LogP contribution in [0.15, 0.2) is 41.3 Å². The molecule has 0 radical (unpaired) electrons. The molecule has 22 heavy (non-hydrogen) atoms. The van der Waals surface area contributed by atoms with Crippen LogP contribution in [-0.2, 0) is 11.3 Å². The fourth-order valence-corrected chi connectivity index (χ4v) is 1.96. The van der Waals surface area contributed by atoms with Gasteiger partial charge >= 0.3 is 0 Å². The average Bonchev–Trinajstić information content (AvgIpc) is 2.44. The van der Waals surface area contributed by atoms with E-state index in [1.54, 1.807) is 12.1 Å². The summed E-state index contributed by atoms with van der Waals surface area (Å²) >= 11 is 0. The van der Waals surface area contributed by atoms with Gasteiger partial charge in [-0.25, -0.2) is 0 Å². The first-order chi connectivity index (χ1) is 10.4. The van der Waals surface area contributed by atoms with Crippen molar-refractivity contribution in [1.29, 1.82) is 0 Å². The molecule has 1 amide bonds. The quantitative estimate of drug-likeness (QED) is 0.690. The molecule has 0 aliphatic carbocycles. The van der Waals surface area contributed by atoms with Gasteiger partial charge in [0.2, 0.25) is 5.91 Å². The van der Waals surface area contributed by atoms with E-state index in [0.29, 0.717) is 5.69 Å². The SMILES string of the molecule is Cc1ccc(NC(=O)Cn2cc([N+](=O)[O-])c(C)cc2=O)cc1. The average molecular weight is 301 g/mol. The molecular formula is C15H15N3O4. The molecule has 0 fully saturated rings. The summed E-state index contributed by atoms with van der Waals surface area (Å²) in [6.45, 7) is 3.13. The molecule has 7 heteroatoms. The van der Waals surface area contributed by atoms with Crippen molar-refractivity contribution in [1.82, 2.24) is 4.57 Å². The number of aryl methyl sites for hydroxylation is 2. The smallest absolute Gasteiger partial charge is 0.288 e. The lowest BCUT2D eigenvalue weighted by molar-refractivity contribution is -0.385. The normalized spacial score (nSPS) is 10.3. The second-order valence-corrected chi connectivity index (χ2v) is 4.98. The third-order valence-electron chi connectivity index (χ3n) is 3.15. The molecule has 0 aliphatic rings. The van der Waals surface area contributed by atoms with Gasteiger partial charge in [0.1, 0.15) is 6.54 Å². The minimum Gasteiger partial charge on any atom is -0.325 e. The van der Waals surface area contributed by atoms with Gasteiger partial charge in [0, 0.05) is 17.3 Å². The minimum atomic E-state index is -0.580. The predicted molar refractivity (Wildman–Crippen MR) is 81.9 cm³/mol. The molecule has 0 saturated carbocycles. The Morgan fingerprint density at radius 3 is 2.50 bits per heavy atom. The lowest BCUT2D eigenvalue weighted by Crippen LogP contribution is -2.27. The third-order valence-corrected chi connectivity index (χ3v) is 3.15. The van der Waals surface area contributed by atoms with Crippen LogP contribution in [0.4, 0.5) is 11.4 Å². The Morgan fingerprint density at radius 2 is 1.91 bits per heavy atom. The van der Waals surface area contributed by atoms with Crippen LogP contribution in [0.5, 0.6) is 0 Å². The molecule has 0 bridgehead atoms. The summed E-state index contributed by atoms with van der Waals surface area (Å²) in [5.41, 5.74) is 1.28. The Balaban J connectivity index is 2.18. The van der Waals surface area contributed by atoms with Crippen LogP contribution in [0.1, 0.15) is 11.1 Å². The number of carbonyl (C=O) groups is 1. The number of carbonyl (C=O) groups excluding carboxylic acids is 1. The van der Waals surface area contributed by atoms with E-state index in [-0.39, 0.29) is 17.8 Å². The summed E-state index contributed by atoms with van der Waals surface area (Å²) in [5, 5.41) is 13.5. The predicted octanol–water partition coefficient (Wildman–Crippen LogP) is 2.01. The number of nitrogens with zero attached hydrogens (tertiary/aromatic N) is 2. The van der Waals surface area contributed by atoms with Gasteiger partial charge in [-0.1, -0.05) is 17.7 Å². The highest BCUT2D eigenvalue weighted by Crippen LogP contribution is 2.14. The van der Waals surface area contributed by atoms with E-state index in [9.17, 15) is 19.7 Å². The monoisotopic (exact) mass is 301 g/mol. The van der Waals surface area contributed by atoms with E-state index >= 15 is 0 Å². The van der Waals surface area contributed by atoms with E-state index in [1.807, 2.05) is 19.1 Å². The van der Waals surface area contributed by atoms with Crippen molar-refractivity contribution in [3.05, 3.63) is 68.1 Å². The Morgan fingerprint density at radius 1 is 1.27 bits per heavy atom. The number of hydrogen-bond acceptors (Lipinski definition) is 4. The standard InChI is InChI=1S/C15H15N3O4/c1-10-3-5-12(6-4-10)16-14(19)9-17-8-13(18(21)22)11(2)7-15(17)20/h3-8H,9H2,1-2H3,(H,16,19). The first-order valence-corrected chi connectivity index (χ1v) is 6.59. The van der Waals surface area contributed by atoms with Crippen LogP contribution in [0, 0.1) is 24.0 Å². The maximum atomic E-state index is 11.9. The molecule has 0 spiro atoms. The van der Waals surface area contributed by atoms with Crippen molar-refractivity contribution in [2.24, 2.45) is 0 Å². The maximum Gasteiger partial charge on any atom is 0.288 e. The van der Waals surface area contributed by atoms with E-state index in [4.69, 9.17) is 0 Å². The Kier molecular flexibility index (Phi) is 4.36. The zero-order valence-corrected chi connectivity index (χ0v) is 12.2. The molecule has 1 aromatic carbocycles. The molecule has 1 N–H and O–H groups in total. The van der Waals surface area contributed by atoms with Crippen LogP contribution in [-0.4, -0.2) is 15.4 Å². The Hall–Kier alpha value is -2.96. The highest BCUT2D eigenvalue weighted by molar-refractivity contribution is 5.90. The Bertz CT molecular complexity index is 778. The fraction of sp³-hybridized carbons (Fsp3) is 0.200. The van der Waals surface area contributed by atoms with Gasteiger partial charge < -0.3 is 5.32 Å². The summed E-state index contributed by atoms with van der Waals surface area (Å²) in [5.74, 6) is -0.427. The number of anilines is 1. The molecule has 0 atom stereocenters. The zero-order valence-electron chi connectivity index (χ0n) is 12.2. The number of rotatable bonds is 4. The lowest BCUT2D eigenvalue weighted by Gasteiger charge is -2.08. The number of aromatic nitrogens is 1. The number of benzene rings is 1. The van der Waals surface area contributed by atoms with Crippen molar-refractivity contribution in [2.45, 2.75) is 20.4 Å². The van der Waals surface area contributed by atoms with Gasteiger partial charge in [-0.3, -0.25) is 24.3 Å². The molecular weight excluding hydrogens is 286 g/mol. The summed E-state index contributed by atoms with van der Waals surface area (Å²) < 4.78 is 1.02. The van der Waals surface area contributed by atoms with Gasteiger partial charge in [0.25, 0.3) is 11.2 Å². The maximum absolute atomic E-state index is 11.9. The van der Waals surface area contributed by atoms with E-state index in [2.05, 4.69) is 5.32 Å². The zero-order chi connectivity index (χ0) is 16.3. The van der Waals surface area contributed by atoms with Crippen molar-refractivity contribution in [3.8, 4) is 0 Å². The van der Waals surface area contributed by atoms with Gasteiger partial charge in [0.05, 0.1) is 11.1 Å². The van der Waals surface area contributed by atoms with Crippen molar-refractivity contribution in [3.63, 3.8) is 0 Å².